The average molecular weight is 332 g/mol. The minimum absolute atomic E-state index is 0.210. The number of nitrogens with zero attached hydrogens (tertiary/aromatic N) is 3. The molecule has 23 heavy (non-hydrogen) atoms. The van der Waals surface area contributed by atoms with E-state index in [2.05, 4.69) is 16.0 Å². The van der Waals surface area contributed by atoms with Gasteiger partial charge in [-0.2, -0.15) is 0 Å². The monoisotopic (exact) mass is 331 g/mol. The van der Waals surface area contributed by atoms with Crippen molar-refractivity contribution in [3.8, 4) is 0 Å². The number of hydrogen-bond acceptors (Lipinski definition) is 3. The van der Waals surface area contributed by atoms with E-state index in [9.17, 15) is 4.79 Å². The first-order chi connectivity index (χ1) is 10.9. The van der Waals surface area contributed by atoms with E-state index in [4.69, 9.17) is 11.6 Å². The molecule has 2 heterocycles. The van der Waals surface area contributed by atoms with Gasteiger partial charge in [-0.25, -0.2) is 4.98 Å². The van der Waals surface area contributed by atoms with Crippen molar-refractivity contribution in [3.63, 3.8) is 0 Å². The number of piperazine rings is 1. The zero-order valence-corrected chi connectivity index (χ0v) is 14.6. The SMILES string of the molecule is CC(C)(C)C(=O)N1CCN(c2cc3ccccc3c(Cl)n2)CC1. The molecule has 0 radical (unpaired) electrons. The first-order valence-corrected chi connectivity index (χ1v) is 8.34. The quantitative estimate of drug-likeness (QED) is 0.749. The number of amides is 1. The smallest absolute Gasteiger partial charge is 0.228 e. The number of carbonyl (C=O) groups is 1. The third-order valence-corrected chi connectivity index (χ3v) is 4.50. The van der Waals surface area contributed by atoms with E-state index in [1.165, 1.54) is 0 Å². The van der Waals surface area contributed by atoms with Gasteiger partial charge in [-0.05, 0) is 11.5 Å². The molecule has 0 spiro atoms. The van der Waals surface area contributed by atoms with Crippen LogP contribution in [0.25, 0.3) is 10.8 Å². The Labute approximate surface area is 142 Å². The molecule has 3 rings (SSSR count). The van der Waals surface area contributed by atoms with Gasteiger partial charge in [-0.3, -0.25) is 4.79 Å². The minimum Gasteiger partial charge on any atom is -0.353 e. The lowest BCUT2D eigenvalue weighted by Crippen LogP contribution is -2.51. The second kappa shape index (κ2) is 6.00. The number of rotatable bonds is 1. The maximum Gasteiger partial charge on any atom is 0.228 e. The molecule has 0 saturated carbocycles. The molecule has 122 valence electrons. The molecule has 0 bridgehead atoms. The normalized spacial score (nSPS) is 16.0. The van der Waals surface area contributed by atoms with Crippen molar-refractivity contribution in [2.45, 2.75) is 20.8 Å². The first kappa shape index (κ1) is 16.1. The second-order valence-corrected chi connectivity index (χ2v) is 7.38. The number of aromatic nitrogens is 1. The summed E-state index contributed by atoms with van der Waals surface area (Å²) in [4.78, 5) is 21.0. The third-order valence-electron chi connectivity index (χ3n) is 4.21. The van der Waals surface area contributed by atoms with Crippen LogP contribution in [0.2, 0.25) is 5.15 Å². The van der Waals surface area contributed by atoms with Gasteiger partial charge in [0.1, 0.15) is 11.0 Å². The summed E-state index contributed by atoms with van der Waals surface area (Å²) in [7, 11) is 0. The summed E-state index contributed by atoms with van der Waals surface area (Å²) >= 11 is 6.32. The van der Waals surface area contributed by atoms with Crippen LogP contribution in [0, 0.1) is 5.41 Å². The van der Waals surface area contributed by atoms with Gasteiger partial charge in [-0.1, -0.05) is 56.6 Å². The van der Waals surface area contributed by atoms with Crippen LogP contribution < -0.4 is 4.90 Å². The highest BCUT2D eigenvalue weighted by atomic mass is 35.5. The largest absolute Gasteiger partial charge is 0.353 e. The van der Waals surface area contributed by atoms with Gasteiger partial charge in [0.05, 0.1) is 0 Å². The molecule has 0 unspecified atom stereocenters. The van der Waals surface area contributed by atoms with Crippen LogP contribution in [0.4, 0.5) is 5.82 Å². The maximum absolute atomic E-state index is 12.4. The predicted octanol–water partition coefficient (Wildman–Crippen LogP) is 3.58. The van der Waals surface area contributed by atoms with E-state index in [-0.39, 0.29) is 11.3 Å². The summed E-state index contributed by atoms with van der Waals surface area (Å²) in [5.74, 6) is 1.10. The number of carbonyl (C=O) groups excluding carboxylic acids is 1. The number of halogens is 1. The lowest BCUT2D eigenvalue weighted by Gasteiger charge is -2.38. The fourth-order valence-corrected chi connectivity index (χ4v) is 3.18. The van der Waals surface area contributed by atoms with Gasteiger partial charge in [0.25, 0.3) is 0 Å². The van der Waals surface area contributed by atoms with E-state index in [1.54, 1.807) is 0 Å². The summed E-state index contributed by atoms with van der Waals surface area (Å²) in [6.45, 7) is 8.91. The molecule has 1 fully saturated rings. The Morgan fingerprint density at radius 3 is 2.43 bits per heavy atom. The molecule has 2 aromatic rings. The fraction of sp³-hybridized carbons (Fsp3) is 0.444. The average Bonchev–Trinajstić information content (AvgIpc) is 2.53. The highest BCUT2D eigenvalue weighted by Crippen LogP contribution is 2.27. The van der Waals surface area contributed by atoms with Gasteiger partial charge in [0, 0.05) is 37.0 Å². The first-order valence-electron chi connectivity index (χ1n) is 7.96. The van der Waals surface area contributed by atoms with Crippen molar-refractivity contribution in [1.29, 1.82) is 0 Å². The number of pyridine rings is 1. The van der Waals surface area contributed by atoms with Gasteiger partial charge in [0.2, 0.25) is 5.91 Å². The number of benzene rings is 1. The van der Waals surface area contributed by atoms with Crippen LogP contribution in [0.1, 0.15) is 20.8 Å². The topological polar surface area (TPSA) is 36.4 Å². The minimum atomic E-state index is -0.327. The molecule has 0 N–H and O–H groups in total. The summed E-state index contributed by atoms with van der Waals surface area (Å²) in [6, 6.07) is 10.1. The molecular weight excluding hydrogens is 310 g/mol. The van der Waals surface area contributed by atoms with Crippen molar-refractivity contribution in [2.24, 2.45) is 5.41 Å². The Bertz CT molecular complexity index is 731. The van der Waals surface area contributed by atoms with E-state index < -0.39 is 0 Å². The zero-order valence-electron chi connectivity index (χ0n) is 13.8. The van der Waals surface area contributed by atoms with Crippen LogP contribution >= 0.6 is 11.6 Å². The third kappa shape index (κ3) is 3.27. The highest BCUT2D eigenvalue weighted by Gasteiger charge is 2.30. The van der Waals surface area contributed by atoms with Crippen LogP contribution in [-0.4, -0.2) is 42.0 Å². The van der Waals surface area contributed by atoms with Crippen molar-refractivity contribution in [3.05, 3.63) is 35.5 Å². The molecule has 4 nitrogen and oxygen atoms in total. The van der Waals surface area contributed by atoms with Crippen molar-refractivity contribution in [2.75, 3.05) is 31.1 Å². The second-order valence-electron chi connectivity index (χ2n) is 7.02. The molecular formula is C18H22ClN3O. The van der Waals surface area contributed by atoms with Crippen LogP contribution in [0.3, 0.4) is 0 Å². The van der Waals surface area contributed by atoms with Gasteiger partial charge >= 0.3 is 0 Å². The standard InChI is InChI=1S/C18H22ClN3O/c1-18(2,3)17(23)22-10-8-21(9-11-22)15-12-13-6-4-5-7-14(13)16(19)20-15/h4-7,12H,8-11H2,1-3H3. The highest BCUT2D eigenvalue weighted by molar-refractivity contribution is 6.34. The van der Waals surface area contributed by atoms with Crippen molar-refractivity contribution >= 4 is 34.1 Å². The Hall–Kier alpha value is -1.81. The van der Waals surface area contributed by atoms with Gasteiger partial charge in [0.15, 0.2) is 0 Å². The van der Waals surface area contributed by atoms with Crippen molar-refractivity contribution < 1.29 is 4.79 Å². The predicted molar refractivity (Wildman–Crippen MR) is 95.0 cm³/mol. The molecule has 1 aliphatic rings. The molecule has 1 aromatic heterocycles. The maximum atomic E-state index is 12.4. The Balaban J connectivity index is 1.77. The molecule has 0 atom stereocenters. The van der Waals surface area contributed by atoms with E-state index in [0.29, 0.717) is 5.15 Å². The number of anilines is 1. The van der Waals surface area contributed by atoms with Gasteiger partial charge in [-0.15, -0.1) is 0 Å². The lowest BCUT2D eigenvalue weighted by atomic mass is 9.94. The molecule has 1 aromatic carbocycles. The number of hydrogen-bond donors (Lipinski definition) is 0. The van der Waals surface area contributed by atoms with Gasteiger partial charge < -0.3 is 9.80 Å². The Morgan fingerprint density at radius 2 is 1.78 bits per heavy atom. The molecule has 1 amide bonds. The lowest BCUT2D eigenvalue weighted by molar-refractivity contribution is -0.139. The molecule has 0 aliphatic carbocycles. The van der Waals surface area contributed by atoms with E-state index >= 15 is 0 Å². The molecule has 1 aliphatic heterocycles. The molecule has 5 heteroatoms. The Kier molecular flexibility index (Phi) is 4.19. The van der Waals surface area contributed by atoms with E-state index in [0.717, 1.165) is 42.8 Å². The summed E-state index contributed by atoms with van der Waals surface area (Å²) in [5.41, 5.74) is -0.327. The van der Waals surface area contributed by atoms with E-state index in [1.807, 2.05) is 49.9 Å². The molecule has 1 saturated heterocycles. The summed E-state index contributed by atoms with van der Waals surface area (Å²) in [5, 5.41) is 2.60. The fourth-order valence-electron chi connectivity index (χ4n) is 2.92. The van der Waals surface area contributed by atoms with Crippen LogP contribution in [0.15, 0.2) is 30.3 Å². The van der Waals surface area contributed by atoms with Crippen LogP contribution in [-0.2, 0) is 4.79 Å². The summed E-state index contributed by atoms with van der Waals surface area (Å²) in [6.07, 6.45) is 0. The van der Waals surface area contributed by atoms with Crippen LogP contribution in [0.5, 0.6) is 0 Å². The zero-order chi connectivity index (χ0) is 16.6. The summed E-state index contributed by atoms with van der Waals surface area (Å²) < 4.78 is 0. The van der Waals surface area contributed by atoms with Crippen molar-refractivity contribution in [1.82, 2.24) is 9.88 Å². The Morgan fingerprint density at radius 1 is 1.13 bits per heavy atom. The number of fused-ring (bicyclic) bond motifs is 1.